The van der Waals surface area contributed by atoms with Crippen molar-refractivity contribution in [1.82, 2.24) is 25.3 Å². The van der Waals surface area contributed by atoms with E-state index in [1.54, 1.807) is 24.3 Å². The number of fused-ring (bicyclic) bond motifs is 1. The highest BCUT2D eigenvalue weighted by Gasteiger charge is 2.34. The Kier molecular flexibility index (Phi) is 8.91. The largest absolute Gasteiger partial charge is 0.364 e. The normalized spacial score (nSPS) is 15.3. The third-order valence-corrected chi connectivity index (χ3v) is 7.89. The van der Waals surface area contributed by atoms with E-state index in [1.165, 1.54) is 28.1 Å². The molecule has 3 aromatic rings. The lowest BCUT2D eigenvalue weighted by molar-refractivity contribution is -0.137. The van der Waals surface area contributed by atoms with Gasteiger partial charge < -0.3 is 26.6 Å². The Bertz CT molecular complexity index is 1520. The summed E-state index contributed by atoms with van der Waals surface area (Å²) in [4.78, 5) is 52.2. The van der Waals surface area contributed by atoms with Gasteiger partial charge in [0.15, 0.2) is 5.69 Å². The van der Waals surface area contributed by atoms with E-state index in [2.05, 4.69) is 21.0 Å². The molecule has 42 heavy (non-hydrogen) atoms. The van der Waals surface area contributed by atoms with Gasteiger partial charge in [-0.2, -0.15) is 5.10 Å². The number of hydrogen-bond acceptors (Lipinski definition) is 5. The first-order valence-electron chi connectivity index (χ1n) is 14.1. The zero-order chi connectivity index (χ0) is 29.8. The molecule has 0 spiro atoms. The molecule has 0 atom stereocenters. The van der Waals surface area contributed by atoms with Gasteiger partial charge in [0.2, 0.25) is 11.8 Å². The van der Waals surface area contributed by atoms with E-state index in [9.17, 15) is 23.6 Å². The molecule has 2 aliphatic carbocycles. The van der Waals surface area contributed by atoms with Crippen LogP contribution in [0.4, 0.5) is 14.9 Å². The summed E-state index contributed by atoms with van der Waals surface area (Å²) in [5, 5.41) is 13.1. The fraction of sp³-hybridized carbons (Fsp3) is 0.414. The molecule has 0 saturated heterocycles. The number of hydrogen-bond donors (Lipinski definition) is 4. The van der Waals surface area contributed by atoms with Gasteiger partial charge in [0.05, 0.1) is 17.1 Å². The molecule has 13 heteroatoms. The Morgan fingerprint density at radius 2 is 1.83 bits per heavy atom. The van der Waals surface area contributed by atoms with Crippen LogP contribution < -0.4 is 21.7 Å². The molecule has 11 nitrogen and oxygen atoms in total. The molecule has 5 N–H and O–H groups in total. The van der Waals surface area contributed by atoms with Crippen molar-refractivity contribution in [1.29, 1.82) is 0 Å². The van der Waals surface area contributed by atoms with Crippen LogP contribution in [-0.4, -0.2) is 57.1 Å². The van der Waals surface area contributed by atoms with Gasteiger partial charge in [-0.25, -0.2) is 9.18 Å². The van der Waals surface area contributed by atoms with E-state index in [4.69, 9.17) is 17.3 Å². The Labute approximate surface area is 246 Å². The minimum absolute atomic E-state index is 0.0339. The van der Waals surface area contributed by atoms with E-state index >= 15 is 0 Å². The Balaban J connectivity index is 1.26. The number of primary amides is 1. The number of carbonyl (C=O) groups excluding carboxylic acids is 4. The van der Waals surface area contributed by atoms with Crippen molar-refractivity contribution in [2.24, 2.45) is 5.73 Å². The summed E-state index contributed by atoms with van der Waals surface area (Å²) in [5.41, 5.74) is 6.72. The van der Waals surface area contributed by atoms with Gasteiger partial charge in [-0.3, -0.25) is 19.1 Å². The van der Waals surface area contributed by atoms with E-state index in [-0.39, 0.29) is 59.9 Å². The second-order valence-electron chi connectivity index (χ2n) is 10.8. The number of nitrogens with zero attached hydrogens (tertiary/aromatic N) is 3. The fourth-order valence-corrected chi connectivity index (χ4v) is 5.47. The van der Waals surface area contributed by atoms with Gasteiger partial charge in [-0.1, -0.05) is 43.0 Å². The highest BCUT2D eigenvalue weighted by Crippen LogP contribution is 2.28. The number of anilines is 1. The molecule has 1 heterocycles. The number of rotatable bonds is 10. The first-order chi connectivity index (χ1) is 20.2. The quantitative estimate of drug-likeness (QED) is 0.281. The van der Waals surface area contributed by atoms with Crippen molar-refractivity contribution in [3.05, 3.63) is 58.5 Å². The maximum atomic E-state index is 14.2. The first kappa shape index (κ1) is 29.3. The molecule has 2 fully saturated rings. The Hall–Kier alpha value is -4.19. The lowest BCUT2D eigenvalue weighted by atomic mass is 9.96. The van der Waals surface area contributed by atoms with Crippen molar-refractivity contribution in [3.8, 4) is 0 Å². The number of nitrogens with one attached hydrogen (secondary N) is 3. The van der Waals surface area contributed by atoms with Gasteiger partial charge in [-0.15, -0.1) is 0 Å². The first-order valence-corrected chi connectivity index (χ1v) is 14.4. The average molecular weight is 598 g/mol. The predicted molar refractivity (Wildman–Crippen MR) is 155 cm³/mol. The van der Waals surface area contributed by atoms with E-state index in [0.717, 1.165) is 38.5 Å². The monoisotopic (exact) mass is 597 g/mol. The summed E-state index contributed by atoms with van der Waals surface area (Å²) >= 11 is 5.81. The number of urea groups is 1. The molecule has 5 rings (SSSR count). The van der Waals surface area contributed by atoms with Gasteiger partial charge in [0.25, 0.3) is 5.91 Å². The molecule has 0 unspecified atom stereocenters. The maximum absolute atomic E-state index is 14.2. The standard InChI is InChI=1S/C29H33ClFN7O4/c30-22-8-4-5-17(26(22)31)14-33-24(39)15-37(20-10-11-20)25(40)16-38-23-12-9-19(13-21(23)27(36-38)28(32)41)35-29(42)34-18-6-2-1-3-7-18/h4-5,8-9,12-13,18,20H,1-3,6-7,10-11,14-16H2,(H2,32,41)(H,33,39)(H2,34,35,42). The average Bonchev–Trinajstić information content (AvgIpc) is 3.74. The minimum atomic E-state index is -0.776. The van der Waals surface area contributed by atoms with Crippen LogP contribution in [0.1, 0.15) is 61.0 Å². The SMILES string of the molecule is NC(=O)c1nn(CC(=O)N(CC(=O)NCc2cccc(Cl)c2F)C2CC2)c2ccc(NC(=O)NC3CCCCC3)cc12. The van der Waals surface area contributed by atoms with E-state index in [1.807, 2.05) is 0 Å². The topological polar surface area (TPSA) is 151 Å². The van der Waals surface area contributed by atoms with Gasteiger partial charge in [0, 0.05) is 35.3 Å². The highest BCUT2D eigenvalue weighted by atomic mass is 35.5. The summed E-state index contributed by atoms with van der Waals surface area (Å²) < 4.78 is 15.6. The van der Waals surface area contributed by atoms with Crippen molar-refractivity contribution in [3.63, 3.8) is 0 Å². The summed E-state index contributed by atoms with van der Waals surface area (Å²) in [6.45, 7) is -0.512. The van der Waals surface area contributed by atoms with Crippen LogP contribution in [0.25, 0.3) is 10.9 Å². The van der Waals surface area contributed by atoms with Crippen molar-refractivity contribution >= 4 is 51.9 Å². The lowest BCUT2D eigenvalue weighted by Gasteiger charge is -2.23. The molecule has 0 aliphatic heterocycles. The van der Waals surface area contributed by atoms with Crippen LogP contribution in [0.15, 0.2) is 36.4 Å². The number of benzene rings is 2. The summed E-state index contributed by atoms with van der Waals surface area (Å²) in [6.07, 6.45) is 6.75. The number of aromatic nitrogens is 2. The van der Waals surface area contributed by atoms with Crippen LogP contribution in [0, 0.1) is 5.82 Å². The molecule has 1 aromatic heterocycles. The van der Waals surface area contributed by atoms with E-state index in [0.29, 0.717) is 16.6 Å². The zero-order valence-corrected chi connectivity index (χ0v) is 23.8. The highest BCUT2D eigenvalue weighted by molar-refractivity contribution is 6.30. The molecular weight excluding hydrogens is 565 g/mol. The Morgan fingerprint density at radius 3 is 2.55 bits per heavy atom. The zero-order valence-electron chi connectivity index (χ0n) is 23.0. The van der Waals surface area contributed by atoms with Crippen molar-refractivity contribution < 1.29 is 23.6 Å². The van der Waals surface area contributed by atoms with E-state index < -0.39 is 17.6 Å². The molecule has 0 radical (unpaired) electrons. The molecule has 2 saturated carbocycles. The minimum Gasteiger partial charge on any atom is -0.364 e. The summed E-state index contributed by atoms with van der Waals surface area (Å²) in [5.74, 6) is -2.19. The van der Waals surface area contributed by atoms with Crippen LogP contribution in [0.3, 0.4) is 0 Å². The number of amides is 5. The Morgan fingerprint density at radius 1 is 1.07 bits per heavy atom. The number of carbonyl (C=O) groups is 4. The van der Waals surface area contributed by atoms with Gasteiger partial charge in [0.1, 0.15) is 12.4 Å². The number of halogens is 2. The second kappa shape index (κ2) is 12.8. The van der Waals surface area contributed by atoms with Crippen molar-refractivity contribution in [2.45, 2.75) is 70.1 Å². The maximum Gasteiger partial charge on any atom is 0.319 e. The molecule has 0 bridgehead atoms. The third-order valence-electron chi connectivity index (χ3n) is 7.60. The molecule has 222 valence electrons. The lowest BCUT2D eigenvalue weighted by Crippen LogP contribution is -2.43. The third kappa shape index (κ3) is 6.99. The second-order valence-corrected chi connectivity index (χ2v) is 11.2. The molecule has 2 aromatic carbocycles. The fourth-order valence-electron chi connectivity index (χ4n) is 5.27. The van der Waals surface area contributed by atoms with Crippen LogP contribution in [0.2, 0.25) is 5.02 Å². The van der Waals surface area contributed by atoms with Crippen LogP contribution in [0.5, 0.6) is 0 Å². The van der Waals surface area contributed by atoms with Gasteiger partial charge in [-0.05, 0) is 49.9 Å². The molecular formula is C29H33ClFN7O4. The number of nitrogens with two attached hydrogens (primary N) is 1. The van der Waals surface area contributed by atoms with Crippen molar-refractivity contribution in [2.75, 3.05) is 11.9 Å². The molecule has 2 aliphatic rings. The van der Waals surface area contributed by atoms with Crippen LogP contribution in [-0.2, 0) is 22.7 Å². The van der Waals surface area contributed by atoms with Gasteiger partial charge >= 0.3 is 6.03 Å². The smallest absolute Gasteiger partial charge is 0.319 e. The predicted octanol–water partition coefficient (Wildman–Crippen LogP) is 3.69. The summed E-state index contributed by atoms with van der Waals surface area (Å²) in [7, 11) is 0. The summed E-state index contributed by atoms with van der Waals surface area (Å²) in [6, 6.07) is 9.16. The van der Waals surface area contributed by atoms with Crippen LogP contribution >= 0.6 is 11.6 Å². The molecule has 5 amide bonds.